The molecule has 41 heavy (non-hydrogen) atoms. The summed E-state index contributed by atoms with van der Waals surface area (Å²) < 4.78 is 16.6. The van der Waals surface area contributed by atoms with Crippen molar-refractivity contribution in [1.82, 2.24) is 5.32 Å². The lowest BCUT2D eigenvalue weighted by Crippen LogP contribution is -2.61. The molecular weight excluding hydrogens is 571 g/mol. The van der Waals surface area contributed by atoms with E-state index in [1.165, 1.54) is 0 Å². The number of aliphatic hydroxyl groups is 2. The molecule has 3 aliphatic rings. The van der Waals surface area contributed by atoms with E-state index in [0.29, 0.717) is 59.5 Å². The molecule has 0 saturated heterocycles. The number of fused-ring (bicyclic) bond motifs is 2. The second-order valence-corrected chi connectivity index (χ2v) is 12.6. The van der Waals surface area contributed by atoms with Crippen LogP contribution in [0.1, 0.15) is 51.5 Å². The van der Waals surface area contributed by atoms with Crippen LogP contribution in [0.15, 0.2) is 36.4 Å². The van der Waals surface area contributed by atoms with Gasteiger partial charge in [0, 0.05) is 24.1 Å². The lowest BCUT2D eigenvalue weighted by molar-refractivity contribution is -0.185. The highest BCUT2D eigenvalue weighted by Gasteiger charge is 2.60. The third-order valence-electron chi connectivity index (χ3n) is 9.42. The van der Waals surface area contributed by atoms with E-state index >= 15 is 0 Å². The number of halogens is 2. The van der Waals surface area contributed by atoms with E-state index in [9.17, 15) is 19.8 Å². The van der Waals surface area contributed by atoms with Gasteiger partial charge in [-0.25, -0.2) is 4.79 Å². The number of carbonyl (C=O) groups is 2. The smallest absolute Gasteiger partial charge is 0.411 e. The molecule has 0 unspecified atom stereocenters. The van der Waals surface area contributed by atoms with E-state index in [1.807, 2.05) is 25.1 Å². The number of amides is 2. The minimum atomic E-state index is -0.761. The Morgan fingerprint density at radius 2 is 1.83 bits per heavy atom. The summed E-state index contributed by atoms with van der Waals surface area (Å²) in [7, 11) is 0. The minimum Gasteiger partial charge on any atom is -0.454 e. The summed E-state index contributed by atoms with van der Waals surface area (Å²) in [6.07, 6.45) is 0.581. The normalized spacial score (nSPS) is 30.3. The molecule has 2 aliphatic carbocycles. The van der Waals surface area contributed by atoms with Crippen LogP contribution < -0.4 is 20.1 Å². The SMILES string of the molecule is C[C@]1(CO)[C@H]2CC[C@@H](O)[C@H](CC(=O)NCc3ccc4c(c3)OCO4)[C@]2(C)CC[C@H]1OC(=O)Nc1ccc(Cl)c(Cl)c1. The van der Waals surface area contributed by atoms with E-state index in [-0.39, 0.29) is 37.6 Å². The fourth-order valence-corrected chi connectivity index (χ4v) is 7.45. The Morgan fingerprint density at radius 1 is 1.05 bits per heavy atom. The standard InChI is InChI=1S/C30H36Cl2N2O7/c1-29-10-9-26(41-28(38)34-18-4-5-20(31)21(32)12-18)30(2,15-35)25(29)8-6-22(36)19(29)13-27(37)33-14-17-3-7-23-24(11-17)40-16-39-23/h3-5,7,11-12,19,22,25-26,35-36H,6,8-10,13-16H2,1-2H3,(H,33,37)(H,34,38)/t19-,22+,25-,26+,29-,30-/m0/s1. The van der Waals surface area contributed by atoms with Crippen LogP contribution in [0.25, 0.3) is 0 Å². The molecule has 9 nitrogen and oxygen atoms in total. The van der Waals surface area contributed by atoms with Crippen LogP contribution in [0.4, 0.5) is 10.5 Å². The van der Waals surface area contributed by atoms with Gasteiger partial charge in [0.2, 0.25) is 12.7 Å². The first kappa shape index (κ1) is 29.8. The predicted molar refractivity (Wildman–Crippen MR) is 154 cm³/mol. The first-order valence-corrected chi connectivity index (χ1v) is 14.7. The minimum absolute atomic E-state index is 0.0772. The zero-order chi connectivity index (χ0) is 29.4. The molecule has 6 atom stereocenters. The van der Waals surface area contributed by atoms with Crippen molar-refractivity contribution in [1.29, 1.82) is 0 Å². The lowest BCUT2D eigenvalue weighted by atomic mass is 9.46. The number of benzene rings is 2. The van der Waals surface area contributed by atoms with Crippen molar-refractivity contribution in [2.24, 2.45) is 22.7 Å². The second-order valence-electron chi connectivity index (χ2n) is 11.8. The van der Waals surface area contributed by atoms with Gasteiger partial charge >= 0.3 is 6.09 Å². The number of anilines is 1. The summed E-state index contributed by atoms with van der Waals surface area (Å²) in [4.78, 5) is 26.0. The molecule has 2 amide bonds. The molecule has 0 bridgehead atoms. The maximum Gasteiger partial charge on any atom is 0.411 e. The van der Waals surface area contributed by atoms with E-state index in [4.69, 9.17) is 37.4 Å². The predicted octanol–water partition coefficient (Wildman–Crippen LogP) is 5.53. The molecule has 4 N–H and O–H groups in total. The zero-order valence-electron chi connectivity index (χ0n) is 23.1. The largest absolute Gasteiger partial charge is 0.454 e. The molecule has 0 aromatic heterocycles. The molecule has 2 saturated carbocycles. The van der Waals surface area contributed by atoms with Crippen LogP contribution in [0.2, 0.25) is 10.0 Å². The monoisotopic (exact) mass is 606 g/mol. The van der Waals surface area contributed by atoms with Crippen molar-refractivity contribution in [3.63, 3.8) is 0 Å². The highest BCUT2D eigenvalue weighted by atomic mass is 35.5. The van der Waals surface area contributed by atoms with Crippen molar-refractivity contribution in [2.75, 3.05) is 18.7 Å². The summed E-state index contributed by atoms with van der Waals surface area (Å²) >= 11 is 12.0. The maximum absolute atomic E-state index is 13.1. The zero-order valence-corrected chi connectivity index (χ0v) is 24.6. The first-order chi connectivity index (χ1) is 19.5. The van der Waals surface area contributed by atoms with E-state index in [0.717, 1.165) is 5.56 Å². The first-order valence-electron chi connectivity index (χ1n) is 13.9. The average molecular weight is 608 g/mol. The Kier molecular flexibility index (Phi) is 8.62. The number of rotatable bonds is 7. The molecule has 2 aromatic rings. The lowest BCUT2D eigenvalue weighted by Gasteiger charge is -2.60. The van der Waals surface area contributed by atoms with Gasteiger partial charge in [0.25, 0.3) is 0 Å². The Balaban J connectivity index is 1.25. The summed E-state index contributed by atoms with van der Waals surface area (Å²) in [5.74, 6) is 0.797. The highest BCUT2D eigenvalue weighted by Crippen LogP contribution is 2.61. The summed E-state index contributed by atoms with van der Waals surface area (Å²) in [6.45, 7) is 4.34. The van der Waals surface area contributed by atoms with Crippen molar-refractivity contribution in [3.05, 3.63) is 52.0 Å². The van der Waals surface area contributed by atoms with Crippen molar-refractivity contribution in [3.8, 4) is 11.5 Å². The molecule has 1 aliphatic heterocycles. The molecule has 1 heterocycles. The van der Waals surface area contributed by atoms with Crippen LogP contribution in [0, 0.1) is 22.7 Å². The van der Waals surface area contributed by atoms with Gasteiger partial charge in [-0.15, -0.1) is 0 Å². The van der Waals surface area contributed by atoms with Crippen LogP contribution >= 0.6 is 23.2 Å². The topological polar surface area (TPSA) is 126 Å². The Hall–Kier alpha value is -2.72. The quantitative estimate of drug-likeness (QED) is 0.326. The molecule has 222 valence electrons. The van der Waals surface area contributed by atoms with E-state index in [1.54, 1.807) is 18.2 Å². The Bertz CT molecular complexity index is 1310. The summed E-state index contributed by atoms with van der Waals surface area (Å²) in [5, 5.41) is 28.1. The Morgan fingerprint density at radius 3 is 2.59 bits per heavy atom. The third kappa shape index (κ3) is 5.95. The molecule has 11 heteroatoms. The average Bonchev–Trinajstić information content (AvgIpc) is 3.41. The number of aliphatic hydroxyl groups excluding tert-OH is 2. The molecule has 2 aromatic carbocycles. The van der Waals surface area contributed by atoms with Gasteiger partial charge < -0.3 is 29.7 Å². The van der Waals surface area contributed by atoms with Crippen LogP contribution in [0.5, 0.6) is 11.5 Å². The van der Waals surface area contributed by atoms with Gasteiger partial charge in [0.15, 0.2) is 11.5 Å². The number of nitrogens with one attached hydrogen (secondary N) is 2. The molecule has 2 fully saturated rings. The molecule has 0 spiro atoms. The molecule has 5 rings (SSSR count). The second kappa shape index (κ2) is 11.9. The van der Waals surface area contributed by atoms with Crippen LogP contribution in [-0.4, -0.2) is 47.8 Å². The maximum atomic E-state index is 13.1. The van der Waals surface area contributed by atoms with Gasteiger partial charge in [-0.1, -0.05) is 43.1 Å². The van der Waals surface area contributed by atoms with Crippen molar-refractivity contribution >= 4 is 40.9 Å². The Labute approximate surface area is 249 Å². The van der Waals surface area contributed by atoms with Crippen LogP contribution in [0.3, 0.4) is 0 Å². The van der Waals surface area contributed by atoms with Gasteiger partial charge in [-0.3, -0.25) is 10.1 Å². The number of carbonyl (C=O) groups excluding carboxylic acids is 2. The molecule has 0 radical (unpaired) electrons. The van der Waals surface area contributed by atoms with Crippen molar-refractivity contribution < 1.29 is 34.0 Å². The van der Waals surface area contributed by atoms with Crippen molar-refractivity contribution in [2.45, 2.75) is 64.7 Å². The van der Waals surface area contributed by atoms with E-state index < -0.39 is 29.1 Å². The molecular formula is C30H36Cl2N2O7. The number of hydrogen-bond acceptors (Lipinski definition) is 7. The highest BCUT2D eigenvalue weighted by molar-refractivity contribution is 6.42. The fourth-order valence-electron chi connectivity index (χ4n) is 7.15. The van der Waals surface area contributed by atoms with E-state index in [2.05, 4.69) is 17.6 Å². The van der Waals surface area contributed by atoms with Gasteiger partial charge in [-0.2, -0.15) is 0 Å². The van der Waals surface area contributed by atoms with Crippen LogP contribution in [-0.2, 0) is 16.1 Å². The summed E-state index contributed by atoms with van der Waals surface area (Å²) in [5.41, 5.74) is 0.137. The third-order valence-corrected chi connectivity index (χ3v) is 10.2. The van der Waals surface area contributed by atoms with Gasteiger partial charge in [-0.05, 0) is 78.8 Å². The number of hydrogen-bond donors (Lipinski definition) is 4. The van der Waals surface area contributed by atoms with Gasteiger partial charge in [0.1, 0.15) is 6.10 Å². The number of ether oxygens (including phenoxy) is 3. The van der Waals surface area contributed by atoms with Gasteiger partial charge in [0.05, 0.1) is 22.8 Å². The summed E-state index contributed by atoms with van der Waals surface area (Å²) in [6, 6.07) is 10.3. The fraction of sp³-hybridized carbons (Fsp3) is 0.533.